The molecular weight excluding hydrogens is 266 g/mol. The molecule has 1 heterocycles. The van der Waals surface area contributed by atoms with Gasteiger partial charge in [0.1, 0.15) is 10.6 Å². The topological polar surface area (TPSA) is 84.1 Å². The number of nitrogens with zero attached hydrogens (tertiary/aromatic N) is 1. The maximum Gasteiger partial charge on any atom is 0.265 e. The quantitative estimate of drug-likeness (QED) is 0.877. The molecule has 0 atom stereocenters. The van der Waals surface area contributed by atoms with Crippen LogP contribution in [0.3, 0.4) is 0 Å². The molecule has 0 saturated carbocycles. The third kappa shape index (κ3) is 3.05. The van der Waals surface area contributed by atoms with Crippen molar-refractivity contribution >= 4 is 15.7 Å². The Kier molecular flexibility index (Phi) is 3.75. The van der Waals surface area contributed by atoms with Gasteiger partial charge in [0.25, 0.3) is 10.0 Å². The van der Waals surface area contributed by atoms with Crippen molar-refractivity contribution < 1.29 is 13.2 Å². The Morgan fingerprint density at radius 2 is 2.21 bits per heavy atom. The van der Waals surface area contributed by atoms with Crippen LogP contribution in [0.4, 0.5) is 5.69 Å². The van der Waals surface area contributed by atoms with Crippen LogP contribution in [-0.2, 0) is 10.0 Å². The zero-order valence-corrected chi connectivity index (χ0v) is 11.5. The van der Waals surface area contributed by atoms with Crippen molar-refractivity contribution in [1.29, 1.82) is 0 Å². The summed E-state index contributed by atoms with van der Waals surface area (Å²) >= 11 is 0. The third-order valence-corrected chi connectivity index (χ3v) is 3.97. The molecule has 1 aromatic heterocycles. The predicted octanol–water partition coefficient (Wildman–Crippen LogP) is 1.92. The first kappa shape index (κ1) is 13.4. The van der Waals surface area contributed by atoms with Crippen LogP contribution in [0, 0.1) is 6.92 Å². The van der Waals surface area contributed by atoms with E-state index in [0.29, 0.717) is 23.7 Å². The second kappa shape index (κ2) is 5.31. The Labute approximate surface area is 111 Å². The summed E-state index contributed by atoms with van der Waals surface area (Å²) in [5.41, 5.74) is 0.944. The number of H-pyrrole nitrogens is 1. The number of hydrogen-bond donors (Lipinski definition) is 2. The molecule has 0 unspecified atom stereocenters. The molecule has 1 aromatic carbocycles. The first-order valence-electron chi connectivity index (χ1n) is 5.78. The highest BCUT2D eigenvalue weighted by molar-refractivity contribution is 7.92. The summed E-state index contributed by atoms with van der Waals surface area (Å²) in [5.74, 6) is 0.617. The fraction of sp³-hybridized carbons (Fsp3) is 0.250. The van der Waals surface area contributed by atoms with E-state index in [-0.39, 0.29) is 4.90 Å². The normalized spacial score (nSPS) is 11.3. The van der Waals surface area contributed by atoms with Crippen LogP contribution in [0.15, 0.2) is 35.4 Å². The molecule has 0 aliphatic heterocycles. The molecule has 0 amide bonds. The maximum atomic E-state index is 12.1. The Morgan fingerprint density at radius 1 is 1.42 bits per heavy atom. The van der Waals surface area contributed by atoms with Crippen LogP contribution in [-0.4, -0.2) is 25.2 Å². The van der Waals surface area contributed by atoms with Crippen LogP contribution in [0.25, 0.3) is 0 Å². The van der Waals surface area contributed by atoms with Gasteiger partial charge in [-0.1, -0.05) is 6.07 Å². The standard InChI is InChI=1S/C12H15N3O3S/c1-3-18-11-6-4-5-10(7-11)15-19(16,17)12-8-13-14-9(12)2/h4-8,15H,3H2,1-2H3,(H,13,14). The van der Waals surface area contributed by atoms with Gasteiger partial charge in [0.15, 0.2) is 0 Å². The Morgan fingerprint density at radius 3 is 2.84 bits per heavy atom. The molecule has 0 radical (unpaired) electrons. The van der Waals surface area contributed by atoms with Crippen molar-refractivity contribution in [2.24, 2.45) is 0 Å². The highest BCUT2D eigenvalue weighted by Crippen LogP contribution is 2.21. The Balaban J connectivity index is 2.26. The number of hydrogen-bond acceptors (Lipinski definition) is 4. The van der Waals surface area contributed by atoms with Crippen LogP contribution >= 0.6 is 0 Å². The zero-order chi connectivity index (χ0) is 13.9. The van der Waals surface area contributed by atoms with Crippen molar-refractivity contribution in [3.63, 3.8) is 0 Å². The van der Waals surface area contributed by atoms with Gasteiger partial charge in [0.2, 0.25) is 0 Å². The van der Waals surface area contributed by atoms with Gasteiger partial charge in [-0.2, -0.15) is 5.10 Å². The lowest BCUT2D eigenvalue weighted by atomic mass is 10.3. The number of aromatic nitrogens is 2. The van der Waals surface area contributed by atoms with Crippen molar-refractivity contribution in [3.8, 4) is 5.75 Å². The van der Waals surface area contributed by atoms with Crippen LogP contribution in [0.2, 0.25) is 0 Å². The van der Waals surface area contributed by atoms with Gasteiger partial charge in [-0.25, -0.2) is 8.42 Å². The van der Waals surface area contributed by atoms with E-state index >= 15 is 0 Å². The summed E-state index contributed by atoms with van der Waals surface area (Å²) in [6.45, 7) is 4.04. The van der Waals surface area contributed by atoms with Gasteiger partial charge in [0.05, 0.1) is 24.2 Å². The molecular formula is C12H15N3O3S. The van der Waals surface area contributed by atoms with Crippen molar-refractivity contribution in [3.05, 3.63) is 36.2 Å². The van der Waals surface area contributed by atoms with E-state index in [2.05, 4.69) is 14.9 Å². The summed E-state index contributed by atoms with van der Waals surface area (Å²) in [4.78, 5) is 0.134. The second-order valence-corrected chi connectivity index (χ2v) is 5.58. The number of aryl methyl sites for hydroxylation is 1. The molecule has 2 aromatic rings. The monoisotopic (exact) mass is 281 g/mol. The van der Waals surface area contributed by atoms with Crippen molar-refractivity contribution in [1.82, 2.24) is 10.2 Å². The van der Waals surface area contributed by atoms with E-state index in [1.54, 1.807) is 31.2 Å². The first-order valence-corrected chi connectivity index (χ1v) is 7.27. The van der Waals surface area contributed by atoms with E-state index in [1.165, 1.54) is 6.20 Å². The van der Waals surface area contributed by atoms with Gasteiger partial charge in [-0.15, -0.1) is 0 Å². The minimum Gasteiger partial charge on any atom is -0.494 e. The van der Waals surface area contributed by atoms with Gasteiger partial charge in [-0.05, 0) is 26.0 Å². The summed E-state index contributed by atoms with van der Waals surface area (Å²) in [5, 5.41) is 6.31. The predicted molar refractivity (Wildman–Crippen MR) is 71.7 cm³/mol. The van der Waals surface area contributed by atoms with Crippen LogP contribution in [0.1, 0.15) is 12.6 Å². The van der Waals surface area contributed by atoms with Crippen LogP contribution < -0.4 is 9.46 Å². The van der Waals surface area contributed by atoms with Gasteiger partial charge in [-0.3, -0.25) is 9.82 Å². The van der Waals surface area contributed by atoms with E-state index in [4.69, 9.17) is 4.74 Å². The zero-order valence-electron chi connectivity index (χ0n) is 10.7. The minimum atomic E-state index is -3.63. The van der Waals surface area contributed by atoms with Gasteiger partial charge < -0.3 is 4.74 Å². The molecule has 7 heteroatoms. The smallest absolute Gasteiger partial charge is 0.265 e. The number of sulfonamides is 1. The maximum absolute atomic E-state index is 12.1. The lowest BCUT2D eigenvalue weighted by Gasteiger charge is -2.09. The molecule has 0 fully saturated rings. The molecule has 0 aliphatic rings. The summed E-state index contributed by atoms with van der Waals surface area (Å²) in [7, 11) is -3.63. The Bertz CT molecular complexity index is 664. The first-order chi connectivity index (χ1) is 9.03. The molecule has 0 spiro atoms. The van der Waals surface area contributed by atoms with E-state index in [0.717, 1.165) is 0 Å². The molecule has 2 N–H and O–H groups in total. The highest BCUT2D eigenvalue weighted by atomic mass is 32.2. The number of benzene rings is 1. The molecule has 0 aliphatic carbocycles. The molecule has 0 bridgehead atoms. The number of rotatable bonds is 5. The fourth-order valence-corrected chi connectivity index (χ4v) is 2.82. The van der Waals surface area contributed by atoms with E-state index in [1.807, 2.05) is 6.92 Å². The fourth-order valence-electron chi connectivity index (χ4n) is 1.64. The molecule has 6 nitrogen and oxygen atoms in total. The summed E-state index contributed by atoms with van der Waals surface area (Å²) in [6, 6.07) is 6.79. The molecule has 0 saturated heterocycles. The largest absolute Gasteiger partial charge is 0.494 e. The molecule has 2 rings (SSSR count). The second-order valence-electron chi connectivity index (χ2n) is 3.93. The number of aromatic amines is 1. The Hall–Kier alpha value is -2.02. The SMILES string of the molecule is CCOc1cccc(NS(=O)(=O)c2cn[nH]c2C)c1. The molecule has 102 valence electrons. The average Bonchev–Trinajstić information content (AvgIpc) is 2.76. The van der Waals surface area contributed by atoms with Crippen LogP contribution in [0.5, 0.6) is 5.75 Å². The van der Waals surface area contributed by atoms with Gasteiger partial charge >= 0.3 is 0 Å². The van der Waals surface area contributed by atoms with Crippen molar-refractivity contribution in [2.75, 3.05) is 11.3 Å². The molecule has 19 heavy (non-hydrogen) atoms. The van der Waals surface area contributed by atoms with Gasteiger partial charge in [0, 0.05) is 6.07 Å². The lowest BCUT2D eigenvalue weighted by molar-refractivity contribution is 0.340. The number of nitrogens with one attached hydrogen (secondary N) is 2. The average molecular weight is 281 g/mol. The number of anilines is 1. The summed E-state index contributed by atoms with van der Waals surface area (Å²) < 4.78 is 32.1. The highest BCUT2D eigenvalue weighted by Gasteiger charge is 2.18. The minimum absolute atomic E-state index is 0.134. The third-order valence-electron chi connectivity index (χ3n) is 2.47. The lowest BCUT2D eigenvalue weighted by Crippen LogP contribution is -2.13. The number of ether oxygens (including phenoxy) is 1. The van der Waals surface area contributed by atoms with E-state index < -0.39 is 10.0 Å². The van der Waals surface area contributed by atoms with E-state index in [9.17, 15) is 8.42 Å². The summed E-state index contributed by atoms with van der Waals surface area (Å²) in [6.07, 6.45) is 1.28. The van der Waals surface area contributed by atoms with Crippen molar-refractivity contribution in [2.45, 2.75) is 18.7 Å².